The maximum Gasteiger partial charge on any atom is 0.293 e. The third kappa shape index (κ3) is 3.32. The van der Waals surface area contributed by atoms with Crippen LogP contribution in [-0.4, -0.2) is 86.3 Å². The molecule has 4 heterocycles. The zero-order chi connectivity index (χ0) is 19.7. The van der Waals surface area contributed by atoms with Gasteiger partial charge < -0.3 is 14.5 Å². The molecule has 2 fully saturated rings. The fourth-order valence-electron chi connectivity index (χ4n) is 3.88. The first kappa shape index (κ1) is 18.7. The number of hydrogen-bond acceptors (Lipinski definition) is 6. The Kier molecular flexibility index (Phi) is 4.96. The van der Waals surface area contributed by atoms with E-state index >= 15 is 0 Å². The summed E-state index contributed by atoms with van der Waals surface area (Å²) in [5.74, 6) is 0.0467. The van der Waals surface area contributed by atoms with Crippen LogP contribution in [0.3, 0.4) is 0 Å². The van der Waals surface area contributed by atoms with Gasteiger partial charge in [-0.25, -0.2) is 13.9 Å². The highest BCUT2D eigenvalue weighted by Crippen LogP contribution is 2.30. The van der Waals surface area contributed by atoms with Crippen LogP contribution in [-0.2, 0) is 9.53 Å². The van der Waals surface area contributed by atoms with Crippen LogP contribution in [0, 0.1) is 0 Å². The van der Waals surface area contributed by atoms with Crippen molar-refractivity contribution in [2.24, 2.45) is 0 Å². The third-order valence-electron chi connectivity index (χ3n) is 5.66. The predicted molar refractivity (Wildman–Crippen MR) is 96.4 cm³/mol. The molecule has 0 radical (unpaired) electrons. The lowest BCUT2D eigenvalue weighted by Gasteiger charge is -2.43. The molecule has 2 saturated heterocycles. The van der Waals surface area contributed by atoms with Gasteiger partial charge in [-0.2, -0.15) is 4.98 Å². The van der Waals surface area contributed by atoms with Crippen molar-refractivity contribution in [3.63, 3.8) is 0 Å². The van der Waals surface area contributed by atoms with Crippen LogP contribution >= 0.6 is 0 Å². The van der Waals surface area contributed by atoms with Gasteiger partial charge in [0, 0.05) is 58.5 Å². The summed E-state index contributed by atoms with van der Waals surface area (Å²) in [5, 5.41) is 4.17. The summed E-state index contributed by atoms with van der Waals surface area (Å²) in [6, 6.07) is 1.71. The topological polar surface area (TPSA) is 92.9 Å². The fraction of sp³-hybridized carbons (Fsp3) is 0.611. The number of halogens is 1. The molecular weight excluding hydrogens is 367 g/mol. The molecule has 2 aromatic rings. The van der Waals surface area contributed by atoms with E-state index < -0.39 is 11.8 Å². The minimum atomic E-state index is -0.964. The van der Waals surface area contributed by atoms with Gasteiger partial charge in [-0.3, -0.25) is 9.59 Å². The minimum absolute atomic E-state index is 0.0833. The van der Waals surface area contributed by atoms with Gasteiger partial charge in [-0.1, -0.05) is 0 Å². The van der Waals surface area contributed by atoms with Crippen LogP contribution in [0.4, 0.5) is 4.39 Å². The molecule has 2 aromatic heterocycles. The lowest BCUT2D eigenvalue weighted by Crippen LogP contribution is -2.58. The van der Waals surface area contributed by atoms with E-state index in [0.29, 0.717) is 57.6 Å². The van der Waals surface area contributed by atoms with Crippen LogP contribution in [0.2, 0.25) is 0 Å². The van der Waals surface area contributed by atoms with E-state index in [1.807, 2.05) is 0 Å². The molecule has 0 bridgehead atoms. The van der Waals surface area contributed by atoms with E-state index in [0.717, 1.165) is 0 Å². The van der Waals surface area contributed by atoms with Crippen molar-refractivity contribution in [2.75, 3.05) is 33.3 Å². The second kappa shape index (κ2) is 7.42. The smallest absolute Gasteiger partial charge is 0.293 e. The highest BCUT2D eigenvalue weighted by Gasteiger charge is 2.45. The third-order valence-corrected chi connectivity index (χ3v) is 5.66. The fourth-order valence-corrected chi connectivity index (χ4v) is 3.88. The van der Waals surface area contributed by atoms with Gasteiger partial charge in [-0.05, 0) is 18.9 Å². The highest BCUT2D eigenvalue weighted by molar-refractivity contribution is 5.91. The number of piperidine rings is 2. The molecule has 9 nitrogen and oxygen atoms in total. The van der Waals surface area contributed by atoms with E-state index in [9.17, 15) is 14.0 Å². The van der Waals surface area contributed by atoms with Gasteiger partial charge in [0.15, 0.2) is 0 Å². The van der Waals surface area contributed by atoms with E-state index in [2.05, 4.69) is 15.1 Å². The number of fused-ring (bicyclic) bond motifs is 1. The number of carbonyl (C=O) groups excluding carboxylic acids is 2. The van der Waals surface area contributed by atoms with Crippen LogP contribution in [0.1, 0.15) is 36.3 Å². The summed E-state index contributed by atoms with van der Waals surface area (Å²) in [4.78, 5) is 37.3. The number of rotatable bonds is 3. The van der Waals surface area contributed by atoms with Gasteiger partial charge in [0.2, 0.25) is 5.82 Å². The Labute approximate surface area is 161 Å². The van der Waals surface area contributed by atoms with E-state index in [1.54, 1.807) is 28.3 Å². The standard InChI is InChI=1S/C18H23FN6O3/c1-28-18(16(27)24-9-3-13(19)4-10-24)5-11-23(12-6-18)15(26)14-21-17-20-7-2-8-25(17)22-14/h2,7-8,13H,3-6,9-12H2,1H3. The van der Waals surface area contributed by atoms with Crippen LogP contribution in [0.5, 0.6) is 0 Å². The Balaban J connectivity index is 1.43. The van der Waals surface area contributed by atoms with Gasteiger partial charge in [0.25, 0.3) is 17.6 Å². The number of ether oxygens (including phenoxy) is 1. The summed E-state index contributed by atoms with van der Waals surface area (Å²) >= 11 is 0. The van der Waals surface area contributed by atoms with Crippen molar-refractivity contribution in [3.05, 3.63) is 24.3 Å². The van der Waals surface area contributed by atoms with Gasteiger partial charge in [0.1, 0.15) is 11.8 Å². The van der Waals surface area contributed by atoms with Gasteiger partial charge >= 0.3 is 0 Å². The largest absolute Gasteiger partial charge is 0.368 e. The Morgan fingerprint density at radius 1 is 1.18 bits per heavy atom. The van der Waals surface area contributed by atoms with Crippen LogP contribution in [0.25, 0.3) is 5.78 Å². The summed E-state index contributed by atoms with van der Waals surface area (Å²) in [7, 11) is 1.52. The maximum absolute atomic E-state index is 13.4. The van der Waals surface area contributed by atoms with Crippen molar-refractivity contribution in [3.8, 4) is 0 Å². The number of methoxy groups -OCH3 is 1. The molecular formula is C18H23FN6O3. The quantitative estimate of drug-likeness (QED) is 0.766. The molecule has 0 atom stereocenters. The number of nitrogens with zero attached hydrogens (tertiary/aromatic N) is 6. The molecule has 0 N–H and O–H groups in total. The molecule has 2 amide bonds. The highest BCUT2D eigenvalue weighted by atomic mass is 19.1. The summed E-state index contributed by atoms with van der Waals surface area (Å²) in [6.45, 7) is 1.54. The van der Waals surface area contributed by atoms with Gasteiger partial charge in [-0.15, -0.1) is 5.10 Å². The van der Waals surface area contributed by atoms with Crippen molar-refractivity contribution in [2.45, 2.75) is 37.5 Å². The van der Waals surface area contributed by atoms with Crippen LogP contribution < -0.4 is 0 Å². The molecule has 0 aliphatic carbocycles. The Morgan fingerprint density at radius 2 is 1.89 bits per heavy atom. The summed E-state index contributed by atoms with van der Waals surface area (Å²) in [6.07, 6.45) is 3.92. The molecule has 4 rings (SSSR count). The predicted octanol–water partition coefficient (Wildman–Crippen LogP) is 0.706. The molecule has 0 unspecified atom stereocenters. The minimum Gasteiger partial charge on any atom is -0.368 e. The van der Waals surface area contributed by atoms with Crippen molar-refractivity contribution in [1.82, 2.24) is 29.4 Å². The van der Waals surface area contributed by atoms with E-state index in [4.69, 9.17) is 4.74 Å². The summed E-state index contributed by atoms with van der Waals surface area (Å²) in [5.41, 5.74) is -0.964. The van der Waals surface area contributed by atoms with Crippen molar-refractivity contribution in [1.29, 1.82) is 0 Å². The van der Waals surface area contributed by atoms with Crippen molar-refractivity contribution < 1.29 is 18.7 Å². The SMILES string of the molecule is COC1(C(=O)N2CCC(F)CC2)CCN(C(=O)c2nc3ncccn3n2)CC1. The average Bonchev–Trinajstić information content (AvgIpc) is 3.17. The van der Waals surface area contributed by atoms with Gasteiger partial charge in [0.05, 0.1) is 0 Å². The summed E-state index contributed by atoms with van der Waals surface area (Å²) < 4.78 is 20.5. The average molecular weight is 390 g/mol. The molecule has 150 valence electrons. The number of amides is 2. The second-order valence-electron chi connectivity index (χ2n) is 7.26. The monoisotopic (exact) mass is 390 g/mol. The molecule has 2 aliphatic rings. The lowest BCUT2D eigenvalue weighted by molar-refractivity contribution is -0.161. The first-order valence-electron chi connectivity index (χ1n) is 9.48. The number of carbonyl (C=O) groups is 2. The Morgan fingerprint density at radius 3 is 2.54 bits per heavy atom. The molecule has 0 saturated carbocycles. The zero-order valence-corrected chi connectivity index (χ0v) is 15.8. The molecule has 0 spiro atoms. The maximum atomic E-state index is 13.4. The second-order valence-corrected chi connectivity index (χ2v) is 7.26. The number of likely N-dealkylation sites (tertiary alicyclic amines) is 2. The van der Waals surface area contributed by atoms with E-state index in [1.165, 1.54) is 11.6 Å². The number of alkyl halides is 1. The van der Waals surface area contributed by atoms with Crippen molar-refractivity contribution >= 4 is 17.6 Å². The zero-order valence-electron chi connectivity index (χ0n) is 15.8. The normalized spacial score (nSPS) is 20.5. The first-order valence-corrected chi connectivity index (χ1v) is 9.48. The molecule has 10 heteroatoms. The van der Waals surface area contributed by atoms with Crippen LogP contribution in [0.15, 0.2) is 18.5 Å². The lowest BCUT2D eigenvalue weighted by atomic mass is 9.88. The molecule has 28 heavy (non-hydrogen) atoms. The molecule has 0 aromatic carbocycles. The first-order chi connectivity index (χ1) is 13.5. The molecule has 2 aliphatic heterocycles. The number of aromatic nitrogens is 4. The Hall–Kier alpha value is -2.62. The van der Waals surface area contributed by atoms with E-state index in [-0.39, 0.29) is 17.6 Å². The number of hydrogen-bond donors (Lipinski definition) is 0. The Bertz CT molecular complexity index is 838.